The average molecular weight is 224 g/mol. The van der Waals surface area contributed by atoms with Crippen LogP contribution in [0.15, 0.2) is 0 Å². The minimum atomic E-state index is -0.896. The van der Waals surface area contributed by atoms with E-state index in [0.717, 1.165) is 25.7 Å². The predicted molar refractivity (Wildman–Crippen MR) is 54.7 cm³/mol. The van der Waals surface area contributed by atoms with Crippen molar-refractivity contribution < 1.29 is 19.8 Å². The second kappa shape index (κ2) is 3.22. The van der Waals surface area contributed by atoms with Crippen molar-refractivity contribution in [1.82, 2.24) is 0 Å². The molecular formula is C12H16O4. The molecule has 0 aromatic heterocycles. The summed E-state index contributed by atoms with van der Waals surface area (Å²) < 4.78 is 0. The van der Waals surface area contributed by atoms with Gasteiger partial charge in [-0.1, -0.05) is 0 Å². The van der Waals surface area contributed by atoms with Crippen LogP contribution in [0.1, 0.15) is 25.7 Å². The first-order valence-electron chi connectivity index (χ1n) is 6.07. The largest absolute Gasteiger partial charge is 0.481 e. The highest BCUT2D eigenvalue weighted by molar-refractivity contribution is 5.81. The molecular weight excluding hydrogens is 208 g/mol. The van der Waals surface area contributed by atoms with Gasteiger partial charge in [0.25, 0.3) is 0 Å². The van der Waals surface area contributed by atoms with Crippen LogP contribution in [0.5, 0.6) is 0 Å². The summed E-state index contributed by atoms with van der Waals surface area (Å²) in [5, 5.41) is 18.5. The van der Waals surface area contributed by atoms with Crippen LogP contribution in [-0.4, -0.2) is 22.2 Å². The molecule has 4 rings (SSSR count). The zero-order valence-electron chi connectivity index (χ0n) is 9.00. The number of fused-ring (bicyclic) bond motifs is 2. The van der Waals surface area contributed by atoms with Gasteiger partial charge in [-0.3, -0.25) is 9.59 Å². The molecule has 0 spiro atoms. The fraction of sp³-hybridized carbons (Fsp3) is 0.833. The highest BCUT2D eigenvalue weighted by Gasteiger charge is 2.61. The first-order valence-corrected chi connectivity index (χ1v) is 6.07. The lowest BCUT2D eigenvalue weighted by Gasteiger charge is -2.59. The molecule has 4 fully saturated rings. The van der Waals surface area contributed by atoms with Gasteiger partial charge in [0.05, 0.1) is 11.8 Å². The Labute approximate surface area is 93.6 Å². The number of carbonyl (C=O) groups is 2. The molecule has 0 unspecified atom stereocenters. The van der Waals surface area contributed by atoms with Gasteiger partial charge in [-0.15, -0.1) is 0 Å². The van der Waals surface area contributed by atoms with Crippen molar-refractivity contribution in [3.05, 3.63) is 0 Å². The Kier molecular flexibility index (Phi) is 2.03. The van der Waals surface area contributed by atoms with E-state index >= 15 is 0 Å². The van der Waals surface area contributed by atoms with Gasteiger partial charge >= 0.3 is 11.9 Å². The molecule has 4 nitrogen and oxygen atoms in total. The van der Waals surface area contributed by atoms with E-state index in [1.54, 1.807) is 0 Å². The molecule has 2 bridgehead atoms. The van der Waals surface area contributed by atoms with Crippen LogP contribution in [0, 0.1) is 35.5 Å². The highest BCUT2D eigenvalue weighted by Crippen LogP contribution is 2.62. The maximum Gasteiger partial charge on any atom is 0.307 e. The molecule has 6 atom stereocenters. The molecule has 0 aromatic carbocycles. The van der Waals surface area contributed by atoms with Crippen molar-refractivity contribution in [2.24, 2.45) is 35.5 Å². The molecule has 4 aliphatic rings. The van der Waals surface area contributed by atoms with E-state index in [2.05, 4.69) is 0 Å². The summed E-state index contributed by atoms with van der Waals surface area (Å²) in [5.74, 6) is -1.77. The third-order valence-electron chi connectivity index (χ3n) is 5.20. The number of carboxylic acid groups (broad SMARTS) is 2. The molecule has 0 aromatic rings. The molecule has 88 valence electrons. The average Bonchev–Trinajstić information content (AvgIpc) is 2.15. The summed E-state index contributed by atoms with van der Waals surface area (Å²) in [6.07, 6.45) is 4.07. The van der Waals surface area contributed by atoms with Crippen molar-refractivity contribution in [3.8, 4) is 0 Å². The van der Waals surface area contributed by atoms with Crippen molar-refractivity contribution in [1.29, 1.82) is 0 Å². The molecule has 16 heavy (non-hydrogen) atoms. The van der Waals surface area contributed by atoms with E-state index in [0.29, 0.717) is 11.8 Å². The van der Waals surface area contributed by atoms with Crippen LogP contribution < -0.4 is 0 Å². The molecule has 0 radical (unpaired) electrons. The topological polar surface area (TPSA) is 74.6 Å². The summed E-state index contributed by atoms with van der Waals surface area (Å²) in [4.78, 5) is 22.5. The van der Waals surface area contributed by atoms with Gasteiger partial charge in [0, 0.05) is 0 Å². The van der Waals surface area contributed by atoms with Gasteiger partial charge in [0.15, 0.2) is 0 Å². The molecule has 4 heteroatoms. The Morgan fingerprint density at radius 1 is 0.688 bits per heavy atom. The van der Waals surface area contributed by atoms with Gasteiger partial charge < -0.3 is 10.2 Å². The zero-order chi connectivity index (χ0) is 11.4. The number of rotatable bonds is 2. The molecule has 0 aliphatic heterocycles. The standard InChI is InChI=1S/C12H16O4/c13-11(14)9-7-3-4-8(10(9)12(15)16)6-2-1-5(6)7/h5-10H,1-4H2,(H,13,14)(H,15,16)/t5-,6+,7-,8-,9+,10-/m0/s1. The molecule has 2 N–H and O–H groups in total. The highest BCUT2D eigenvalue weighted by atomic mass is 16.4. The van der Waals surface area contributed by atoms with Crippen LogP contribution in [-0.2, 0) is 9.59 Å². The van der Waals surface area contributed by atoms with Crippen molar-refractivity contribution in [3.63, 3.8) is 0 Å². The van der Waals surface area contributed by atoms with Crippen molar-refractivity contribution >= 4 is 11.9 Å². The summed E-state index contributed by atoms with van der Waals surface area (Å²) in [6.45, 7) is 0. The minimum Gasteiger partial charge on any atom is -0.481 e. The Morgan fingerprint density at radius 3 is 1.25 bits per heavy atom. The van der Waals surface area contributed by atoms with E-state index in [9.17, 15) is 19.8 Å². The van der Waals surface area contributed by atoms with E-state index in [4.69, 9.17) is 0 Å². The van der Waals surface area contributed by atoms with E-state index in [1.807, 2.05) is 0 Å². The normalized spacial score (nSPS) is 49.2. The molecule has 0 heterocycles. The summed E-state index contributed by atoms with van der Waals surface area (Å²) in [7, 11) is 0. The second-order valence-corrected chi connectivity index (χ2v) is 5.54. The van der Waals surface area contributed by atoms with Crippen LogP contribution in [0.2, 0.25) is 0 Å². The molecule has 4 aliphatic carbocycles. The van der Waals surface area contributed by atoms with Gasteiger partial charge in [-0.05, 0) is 49.4 Å². The summed E-state index contributed by atoms with van der Waals surface area (Å²) in [6, 6.07) is 0. The molecule has 4 saturated carbocycles. The van der Waals surface area contributed by atoms with Crippen LogP contribution >= 0.6 is 0 Å². The lowest BCUT2D eigenvalue weighted by atomic mass is 9.44. The third kappa shape index (κ3) is 1.10. The first kappa shape index (κ1) is 10.1. The number of hydrogen-bond donors (Lipinski definition) is 2. The zero-order valence-corrected chi connectivity index (χ0v) is 9.00. The predicted octanol–water partition coefficient (Wildman–Crippen LogP) is 1.45. The van der Waals surface area contributed by atoms with E-state index in [1.165, 1.54) is 0 Å². The SMILES string of the molecule is O=C(O)[C@@H]1[C@H]2CC[C@@H]([C@@H]3CC[C@@H]32)[C@@H]1C(=O)O. The maximum absolute atomic E-state index is 11.3. The Bertz CT molecular complexity index is 317. The summed E-state index contributed by atoms with van der Waals surface area (Å²) >= 11 is 0. The van der Waals surface area contributed by atoms with Crippen LogP contribution in [0.4, 0.5) is 0 Å². The van der Waals surface area contributed by atoms with Gasteiger partial charge in [0.2, 0.25) is 0 Å². The smallest absolute Gasteiger partial charge is 0.307 e. The first-order chi connectivity index (χ1) is 7.61. The van der Waals surface area contributed by atoms with Gasteiger partial charge in [0.1, 0.15) is 0 Å². The van der Waals surface area contributed by atoms with Crippen molar-refractivity contribution in [2.75, 3.05) is 0 Å². The Balaban J connectivity index is 1.97. The molecule has 0 saturated heterocycles. The fourth-order valence-corrected chi connectivity index (χ4v) is 4.53. The van der Waals surface area contributed by atoms with Crippen LogP contribution in [0.25, 0.3) is 0 Å². The second-order valence-electron chi connectivity index (χ2n) is 5.54. The Hall–Kier alpha value is -1.06. The maximum atomic E-state index is 11.3. The Morgan fingerprint density at radius 2 is 1.00 bits per heavy atom. The lowest BCUT2D eigenvalue weighted by molar-refractivity contribution is -0.185. The fourth-order valence-electron chi connectivity index (χ4n) is 4.53. The monoisotopic (exact) mass is 224 g/mol. The van der Waals surface area contributed by atoms with Gasteiger partial charge in [-0.25, -0.2) is 0 Å². The van der Waals surface area contributed by atoms with E-state index < -0.39 is 23.8 Å². The number of carboxylic acids is 2. The third-order valence-corrected chi connectivity index (χ3v) is 5.20. The molecule has 0 amide bonds. The minimum absolute atomic E-state index is 0.127. The lowest BCUT2D eigenvalue weighted by Crippen LogP contribution is -2.58. The van der Waals surface area contributed by atoms with Gasteiger partial charge in [-0.2, -0.15) is 0 Å². The quantitative estimate of drug-likeness (QED) is 0.744. The number of aliphatic carboxylic acids is 2. The number of hydrogen-bond acceptors (Lipinski definition) is 2. The summed E-state index contributed by atoms with van der Waals surface area (Å²) in [5.41, 5.74) is 0. The van der Waals surface area contributed by atoms with Crippen molar-refractivity contribution in [2.45, 2.75) is 25.7 Å². The van der Waals surface area contributed by atoms with Crippen LogP contribution in [0.3, 0.4) is 0 Å². The van der Waals surface area contributed by atoms with E-state index in [-0.39, 0.29) is 11.8 Å².